The molecule has 2 N–H and O–H groups in total. The van der Waals surface area contributed by atoms with E-state index in [1.807, 2.05) is 0 Å². The fourth-order valence-corrected chi connectivity index (χ4v) is 0.876. The summed E-state index contributed by atoms with van der Waals surface area (Å²) in [5, 5.41) is 5.55. The first-order chi connectivity index (χ1) is 5.27. The third-order valence-corrected chi connectivity index (χ3v) is 1.41. The Morgan fingerprint density at radius 3 is 2.45 bits per heavy atom. The van der Waals surface area contributed by atoms with Crippen LogP contribution in [0.1, 0.15) is 0 Å². The maximum Gasteiger partial charge on any atom is 0.243 e. The van der Waals surface area contributed by atoms with Crippen molar-refractivity contribution >= 4 is 5.91 Å². The molecule has 1 rings (SSSR count). The van der Waals surface area contributed by atoms with Crippen LogP contribution < -0.4 is 10.6 Å². The summed E-state index contributed by atoms with van der Waals surface area (Å²) in [5.74, 6) is -0.0505. The molecule has 0 radical (unpaired) electrons. The van der Waals surface area contributed by atoms with E-state index >= 15 is 0 Å². The molecule has 0 saturated carbocycles. The summed E-state index contributed by atoms with van der Waals surface area (Å²) in [4.78, 5) is 10.8. The van der Waals surface area contributed by atoms with Gasteiger partial charge in [-0.3, -0.25) is 4.79 Å². The van der Waals surface area contributed by atoms with Crippen LogP contribution >= 0.6 is 0 Å². The molecule has 0 aromatic carbocycles. The number of amides is 1. The minimum atomic E-state index is -0.0505. The van der Waals surface area contributed by atoms with Crippen molar-refractivity contribution < 1.29 is 4.79 Å². The molecule has 1 aliphatic rings. The Balaban J connectivity index is 2.91. The Kier molecular flexibility index (Phi) is 2.11. The minimum Gasteiger partial charge on any atom is -0.374 e. The molecule has 11 heavy (non-hydrogen) atoms. The quantitative estimate of drug-likeness (QED) is 0.594. The molecule has 58 valence electrons. The zero-order valence-corrected chi connectivity index (χ0v) is 6.18. The second-order valence-corrected chi connectivity index (χ2v) is 2.14. The Bertz CT molecular complexity index is 240. The topological polar surface area (TPSA) is 41.1 Å². The van der Waals surface area contributed by atoms with Crippen molar-refractivity contribution in [2.45, 2.75) is 0 Å². The molecule has 0 aromatic heterocycles. The molecule has 0 spiro atoms. The van der Waals surface area contributed by atoms with Gasteiger partial charge in [0.2, 0.25) is 5.91 Å². The molecule has 0 unspecified atom stereocenters. The van der Waals surface area contributed by atoms with Crippen LogP contribution in [0.2, 0.25) is 0 Å². The number of rotatable bonds is 2. The van der Waals surface area contributed by atoms with E-state index in [0.29, 0.717) is 12.2 Å². The standard InChI is InChI=1S/C8H10N2O/c1-3-6-7(4-2)10-8(11)5-9-6/h3-4,9H,1-2,5H2,(H,10,11). The van der Waals surface area contributed by atoms with E-state index in [-0.39, 0.29) is 5.91 Å². The van der Waals surface area contributed by atoms with E-state index in [2.05, 4.69) is 23.8 Å². The predicted molar refractivity (Wildman–Crippen MR) is 43.6 cm³/mol. The molecule has 1 amide bonds. The molecular weight excluding hydrogens is 140 g/mol. The molecule has 0 fully saturated rings. The molecule has 3 heteroatoms. The highest BCUT2D eigenvalue weighted by molar-refractivity contribution is 5.82. The number of allylic oxidation sites excluding steroid dienone is 2. The third-order valence-electron chi connectivity index (χ3n) is 1.41. The van der Waals surface area contributed by atoms with Gasteiger partial charge in [-0.25, -0.2) is 0 Å². The molecule has 1 heterocycles. The Labute approximate surface area is 65.5 Å². The number of hydrogen-bond acceptors (Lipinski definition) is 2. The van der Waals surface area contributed by atoms with Crippen LogP contribution in [-0.2, 0) is 4.79 Å². The molecule has 0 saturated heterocycles. The van der Waals surface area contributed by atoms with Crippen LogP contribution in [-0.4, -0.2) is 12.5 Å². The van der Waals surface area contributed by atoms with Gasteiger partial charge >= 0.3 is 0 Å². The van der Waals surface area contributed by atoms with Crippen molar-refractivity contribution in [2.75, 3.05) is 6.54 Å². The van der Waals surface area contributed by atoms with Gasteiger partial charge < -0.3 is 10.6 Å². The third kappa shape index (κ3) is 1.49. The zero-order chi connectivity index (χ0) is 8.27. The van der Waals surface area contributed by atoms with E-state index < -0.39 is 0 Å². The first-order valence-corrected chi connectivity index (χ1v) is 3.31. The minimum absolute atomic E-state index is 0.0505. The lowest BCUT2D eigenvalue weighted by atomic mass is 10.2. The Morgan fingerprint density at radius 2 is 1.91 bits per heavy atom. The maximum absolute atomic E-state index is 10.8. The highest BCUT2D eigenvalue weighted by atomic mass is 16.2. The Morgan fingerprint density at radius 1 is 1.27 bits per heavy atom. The van der Waals surface area contributed by atoms with Crippen LogP contribution in [0.5, 0.6) is 0 Å². The van der Waals surface area contributed by atoms with Crippen LogP contribution in [0.25, 0.3) is 0 Å². The maximum atomic E-state index is 10.8. The summed E-state index contributed by atoms with van der Waals surface area (Å²) in [6.45, 7) is 7.45. The molecule has 0 bridgehead atoms. The van der Waals surface area contributed by atoms with Crippen LogP contribution in [0.3, 0.4) is 0 Å². The van der Waals surface area contributed by atoms with Crippen molar-refractivity contribution in [3.63, 3.8) is 0 Å². The average Bonchev–Trinajstić information content (AvgIpc) is 2.04. The molecular formula is C8H10N2O. The van der Waals surface area contributed by atoms with Gasteiger partial charge in [0.15, 0.2) is 0 Å². The van der Waals surface area contributed by atoms with Gasteiger partial charge in [-0.05, 0) is 12.2 Å². The lowest BCUT2D eigenvalue weighted by Gasteiger charge is -2.17. The molecule has 0 aromatic rings. The van der Waals surface area contributed by atoms with E-state index in [9.17, 15) is 4.79 Å². The second kappa shape index (κ2) is 3.05. The summed E-state index contributed by atoms with van der Waals surface area (Å²) >= 11 is 0. The van der Waals surface area contributed by atoms with Gasteiger partial charge in [0, 0.05) is 0 Å². The fraction of sp³-hybridized carbons (Fsp3) is 0.125. The molecule has 0 aliphatic carbocycles. The molecule has 3 nitrogen and oxygen atoms in total. The van der Waals surface area contributed by atoms with Crippen LogP contribution in [0.4, 0.5) is 0 Å². The van der Waals surface area contributed by atoms with E-state index in [1.54, 1.807) is 12.2 Å². The van der Waals surface area contributed by atoms with Gasteiger partial charge in [-0.2, -0.15) is 0 Å². The van der Waals surface area contributed by atoms with Crippen molar-refractivity contribution in [1.29, 1.82) is 0 Å². The predicted octanol–water partition coefficient (Wildman–Crippen LogP) is 0.289. The van der Waals surface area contributed by atoms with Crippen LogP contribution in [0.15, 0.2) is 36.7 Å². The van der Waals surface area contributed by atoms with E-state index in [1.165, 1.54) is 0 Å². The summed E-state index contributed by atoms with van der Waals surface area (Å²) in [6, 6.07) is 0. The first-order valence-electron chi connectivity index (χ1n) is 3.31. The summed E-state index contributed by atoms with van der Waals surface area (Å²) < 4.78 is 0. The average molecular weight is 150 g/mol. The highest BCUT2D eigenvalue weighted by Crippen LogP contribution is 2.03. The number of nitrogens with one attached hydrogen (secondary N) is 2. The number of carbonyl (C=O) groups is 1. The molecule has 1 aliphatic heterocycles. The molecule has 0 atom stereocenters. The van der Waals surface area contributed by atoms with Gasteiger partial charge in [0.25, 0.3) is 0 Å². The van der Waals surface area contributed by atoms with Gasteiger partial charge in [-0.15, -0.1) is 0 Å². The largest absolute Gasteiger partial charge is 0.374 e. The van der Waals surface area contributed by atoms with Crippen molar-refractivity contribution in [3.8, 4) is 0 Å². The fourth-order valence-electron chi connectivity index (χ4n) is 0.876. The lowest BCUT2D eigenvalue weighted by molar-refractivity contribution is -0.119. The number of hydrogen-bond donors (Lipinski definition) is 2. The SMILES string of the molecule is C=CC1=C(C=C)NC(=O)CN1. The monoisotopic (exact) mass is 150 g/mol. The number of carbonyl (C=O) groups excluding carboxylic acids is 1. The highest BCUT2D eigenvalue weighted by Gasteiger charge is 2.11. The van der Waals surface area contributed by atoms with Crippen molar-refractivity contribution in [2.24, 2.45) is 0 Å². The summed E-state index contributed by atoms with van der Waals surface area (Å²) in [5.41, 5.74) is 1.51. The van der Waals surface area contributed by atoms with Gasteiger partial charge in [-0.1, -0.05) is 13.2 Å². The van der Waals surface area contributed by atoms with Crippen LogP contribution in [0, 0.1) is 0 Å². The van der Waals surface area contributed by atoms with Crippen molar-refractivity contribution in [1.82, 2.24) is 10.6 Å². The first kappa shape index (κ1) is 7.60. The lowest BCUT2D eigenvalue weighted by Crippen LogP contribution is -2.39. The smallest absolute Gasteiger partial charge is 0.243 e. The normalized spacial score (nSPS) is 16.9. The van der Waals surface area contributed by atoms with Gasteiger partial charge in [0.1, 0.15) is 0 Å². The summed E-state index contributed by atoms with van der Waals surface area (Å²) in [7, 11) is 0. The summed E-state index contributed by atoms with van der Waals surface area (Å²) in [6.07, 6.45) is 3.23. The van der Waals surface area contributed by atoms with E-state index in [4.69, 9.17) is 0 Å². The zero-order valence-electron chi connectivity index (χ0n) is 6.18. The van der Waals surface area contributed by atoms with E-state index in [0.717, 1.165) is 5.70 Å². The Hall–Kier alpha value is -1.51. The second-order valence-electron chi connectivity index (χ2n) is 2.14. The van der Waals surface area contributed by atoms with Crippen molar-refractivity contribution in [3.05, 3.63) is 36.7 Å². The van der Waals surface area contributed by atoms with Gasteiger partial charge in [0.05, 0.1) is 17.9 Å².